The van der Waals surface area contributed by atoms with Crippen molar-refractivity contribution < 1.29 is 14.3 Å². The number of methoxy groups -OCH3 is 1. The lowest BCUT2D eigenvalue weighted by Crippen LogP contribution is -2.43. The average Bonchev–Trinajstić information content (AvgIpc) is 2.75. The fourth-order valence-corrected chi connectivity index (χ4v) is 3.14. The van der Waals surface area contributed by atoms with Gasteiger partial charge in [-0.1, -0.05) is 70.5 Å². The van der Waals surface area contributed by atoms with Crippen LogP contribution in [0.15, 0.2) is 83.3 Å². The molecule has 3 rings (SSSR count). The van der Waals surface area contributed by atoms with Crippen molar-refractivity contribution in [2.75, 3.05) is 7.11 Å². The van der Waals surface area contributed by atoms with Gasteiger partial charge in [-0.3, -0.25) is 4.79 Å². The molecule has 142 valence electrons. The Bertz CT molecular complexity index is 938. The third-order valence-corrected chi connectivity index (χ3v) is 4.93. The number of ether oxygens (including phenoxy) is 1. The van der Waals surface area contributed by atoms with Gasteiger partial charge in [0.1, 0.15) is 6.04 Å². The molecule has 5 heteroatoms. The molecule has 0 heterocycles. The summed E-state index contributed by atoms with van der Waals surface area (Å²) in [4.78, 5) is 24.8. The SMILES string of the molecule is COC(=O)[C@H](Cc1ccc(Br)cc1)NC(=O)c1ccc(-c2ccccc2)cc1. The summed E-state index contributed by atoms with van der Waals surface area (Å²) in [5.74, 6) is -0.788. The molecule has 0 aliphatic rings. The molecule has 0 spiro atoms. The molecule has 0 aromatic heterocycles. The third-order valence-electron chi connectivity index (χ3n) is 4.40. The highest BCUT2D eigenvalue weighted by Gasteiger charge is 2.22. The summed E-state index contributed by atoms with van der Waals surface area (Å²) in [5.41, 5.74) is 3.52. The second-order valence-corrected chi connectivity index (χ2v) is 7.24. The first-order valence-corrected chi connectivity index (χ1v) is 9.65. The van der Waals surface area contributed by atoms with E-state index in [1.807, 2.05) is 66.7 Å². The average molecular weight is 438 g/mol. The predicted molar refractivity (Wildman–Crippen MR) is 113 cm³/mol. The van der Waals surface area contributed by atoms with Gasteiger partial charge in [0.05, 0.1) is 7.11 Å². The number of hydrogen-bond acceptors (Lipinski definition) is 3. The zero-order valence-corrected chi connectivity index (χ0v) is 17.0. The van der Waals surface area contributed by atoms with Crippen LogP contribution in [0.3, 0.4) is 0 Å². The van der Waals surface area contributed by atoms with Gasteiger partial charge in [0, 0.05) is 16.5 Å². The Morgan fingerprint density at radius 1 is 0.893 bits per heavy atom. The zero-order valence-electron chi connectivity index (χ0n) is 15.4. The van der Waals surface area contributed by atoms with Gasteiger partial charge < -0.3 is 10.1 Å². The molecule has 4 nitrogen and oxygen atoms in total. The van der Waals surface area contributed by atoms with Crippen LogP contribution in [0.5, 0.6) is 0 Å². The highest BCUT2D eigenvalue weighted by atomic mass is 79.9. The topological polar surface area (TPSA) is 55.4 Å². The maximum Gasteiger partial charge on any atom is 0.328 e. The van der Waals surface area contributed by atoms with Crippen LogP contribution >= 0.6 is 15.9 Å². The summed E-state index contributed by atoms with van der Waals surface area (Å²) < 4.78 is 5.81. The van der Waals surface area contributed by atoms with E-state index in [1.54, 1.807) is 12.1 Å². The van der Waals surface area contributed by atoms with Crippen LogP contribution in [0, 0.1) is 0 Å². The van der Waals surface area contributed by atoms with E-state index in [-0.39, 0.29) is 5.91 Å². The Morgan fingerprint density at radius 2 is 1.50 bits per heavy atom. The molecule has 3 aromatic carbocycles. The van der Waals surface area contributed by atoms with Gasteiger partial charge in [-0.15, -0.1) is 0 Å². The Labute approximate surface area is 172 Å². The maximum atomic E-state index is 12.6. The molecule has 0 aliphatic carbocycles. The Kier molecular flexibility index (Phi) is 6.61. The lowest BCUT2D eigenvalue weighted by atomic mass is 10.0. The first-order valence-electron chi connectivity index (χ1n) is 8.85. The van der Waals surface area contributed by atoms with Gasteiger partial charge in [0.2, 0.25) is 0 Å². The Morgan fingerprint density at radius 3 is 2.11 bits per heavy atom. The number of benzene rings is 3. The second kappa shape index (κ2) is 9.33. The molecular formula is C23H20BrNO3. The van der Waals surface area contributed by atoms with E-state index in [4.69, 9.17) is 4.74 Å². The summed E-state index contributed by atoms with van der Waals surface area (Å²) >= 11 is 3.39. The Balaban J connectivity index is 1.72. The van der Waals surface area contributed by atoms with E-state index in [2.05, 4.69) is 21.2 Å². The van der Waals surface area contributed by atoms with E-state index < -0.39 is 12.0 Å². The number of halogens is 1. The quantitative estimate of drug-likeness (QED) is 0.571. The molecule has 0 saturated heterocycles. The van der Waals surface area contributed by atoms with Crippen molar-refractivity contribution in [1.29, 1.82) is 0 Å². The lowest BCUT2D eigenvalue weighted by Gasteiger charge is -2.17. The van der Waals surface area contributed by atoms with Gasteiger partial charge in [0.25, 0.3) is 5.91 Å². The summed E-state index contributed by atoms with van der Waals surface area (Å²) in [6.45, 7) is 0. The minimum atomic E-state index is -0.757. The fraction of sp³-hybridized carbons (Fsp3) is 0.130. The second-order valence-electron chi connectivity index (χ2n) is 6.32. The molecule has 0 fully saturated rings. The monoisotopic (exact) mass is 437 g/mol. The van der Waals surface area contributed by atoms with E-state index in [1.165, 1.54) is 7.11 Å². The molecule has 0 radical (unpaired) electrons. The maximum absolute atomic E-state index is 12.6. The molecule has 28 heavy (non-hydrogen) atoms. The first-order chi connectivity index (χ1) is 13.6. The van der Waals surface area contributed by atoms with Crippen LogP contribution in [0.2, 0.25) is 0 Å². The smallest absolute Gasteiger partial charge is 0.328 e. The zero-order chi connectivity index (χ0) is 19.9. The highest BCUT2D eigenvalue weighted by molar-refractivity contribution is 9.10. The Hall–Kier alpha value is -2.92. The molecule has 0 aliphatic heterocycles. The number of esters is 1. The van der Waals surface area contributed by atoms with Gasteiger partial charge in [0.15, 0.2) is 0 Å². The van der Waals surface area contributed by atoms with Crippen molar-refractivity contribution in [3.05, 3.63) is 94.5 Å². The minimum Gasteiger partial charge on any atom is -0.467 e. The van der Waals surface area contributed by atoms with Crippen LogP contribution in [0.4, 0.5) is 0 Å². The van der Waals surface area contributed by atoms with Crippen LogP contribution in [0.1, 0.15) is 15.9 Å². The lowest BCUT2D eigenvalue weighted by molar-refractivity contribution is -0.142. The molecule has 1 atom stereocenters. The molecule has 1 amide bonds. The number of carbonyl (C=O) groups is 2. The van der Waals surface area contributed by atoms with Crippen LogP contribution in [-0.2, 0) is 16.0 Å². The number of hydrogen-bond donors (Lipinski definition) is 1. The summed E-state index contributed by atoms with van der Waals surface area (Å²) in [6, 6.07) is 24.1. The molecular weight excluding hydrogens is 418 g/mol. The first kappa shape index (κ1) is 19.8. The molecule has 3 aromatic rings. The van der Waals surface area contributed by atoms with Crippen molar-refractivity contribution in [3.8, 4) is 11.1 Å². The summed E-state index contributed by atoms with van der Waals surface area (Å²) in [5, 5.41) is 2.78. The normalized spacial score (nSPS) is 11.5. The number of amides is 1. The van der Waals surface area contributed by atoms with Crippen LogP contribution in [0.25, 0.3) is 11.1 Å². The van der Waals surface area contributed by atoms with E-state index in [9.17, 15) is 9.59 Å². The fourth-order valence-electron chi connectivity index (χ4n) is 2.88. The van der Waals surface area contributed by atoms with Crippen molar-refractivity contribution in [1.82, 2.24) is 5.32 Å². The van der Waals surface area contributed by atoms with Gasteiger partial charge in [-0.25, -0.2) is 4.79 Å². The van der Waals surface area contributed by atoms with Gasteiger partial charge in [-0.05, 0) is 41.0 Å². The van der Waals surface area contributed by atoms with Crippen molar-refractivity contribution >= 4 is 27.8 Å². The van der Waals surface area contributed by atoms with Crippen LogP contribution in [-0.4, -0.2) is 25.0 Å². The highest BCUT2D eigenvalue weighted by Crippen LogP contribution is 2.19. The number of rotatable bonds is 6. The number of nitrogens with one attached hydrogen (secondary N) is 1. The third kappa shape index (κ3) is 5.08. The van der Waals surface area contributed by atoms with Gasteiger partial charge >= 0.3 is 5.97 Å². The van der Waals surface area contributed by atoms with Crippen molar-refractivity contribution in [2.24, 2.45) is 0 Å². The molecule has 1 N–H and O–H groups in total. The van der Waals surface area contributed by atoms with Gasteiger partial charge in [-0.2, -0.15) is 0 Å². The van der Waals surface area contributed by atoms with E-state index in [0.29, 0.717) is 12.0 Å². The molecule has 0 unspecified atom stereocenters. The summed E-state index contributed by atoms with van der Waals surface area (Å²) in [7, 11) is 1.32. The van der Waals surface area contributed by atoms with Crippen LogP contribution < -0.4 is 5.32 Å². The molecule has 0 bridgehead atoms. The van der Waals surface area contributed by atoms with Crippen molar-refractivity contribution in [3.63, 3.8) is 0 Å². The largest absolute Gasteiger partial charge is 0.467 e. The van der Waals surface area contributed by atoms with E-state index >= 15 is 0 Å². The van der Waals surface area contributed by atoms with E-state index in [0.717, 1.165) is 21.2 Å². The van der Waals surface area contributed by atoms with Crippen molar-refractivity contribution in [2.45, 2.75) is 12.5 Å². The molecule has 0 saturated carbocycles. The predicted octanol–water partition coefficient (Wildman–Crippen LogP) is 4.63. The summed E-state index contributed by atoms with van der Waals surface area (Å²) in [6.07, 6.45) is 0.355. The standard InChI is InChI=1S/C23H20BrNO3/c1-28-23(27)21(15-16-7-13-20(24)14-8-16)25-22(26)19-11-9-18(10-12-19)17-5-3-2-4-6-17/h2-14,21H,15H2,1H3,(H,25,26)/t21-/m0/s1. The number of carbonyl (C=O) groups excluding carboxylic acids is 2. The minimum absolute atomic E-state index is 0.313.